The van der Waals surface area contributed by atoms with E-state index in [2.05, 4.69) is 6.07 Å². The van der Waals surface area contributed by atoms with Crippen LogP contribution in [0.25, 0.3) is 0 Å². The van der Waals surface area contributed by atoms with Crippen LogP contribution in [0, 0.1) is 17.2 Å². The molecule has 0 N–H and O–H groups in total. The maximum absolute atomic E-state index is 12.3. The molecule has 94 valence electrons. The standard InChI is InChI=1S/C15H18N2O/c1-17(14-9-7-12(11-16)8-10-14)15(18)13-5-3-2-4-6-13/h7-10,13H,2-6H2,1H3. The summed E-state index contributed by atoms with van der Waals surface area (Å²) < 4.78 is 0. The first kappa shape index (κ1) is 12.6. The Morgan fingerprint density at radius 2 is 1.83 bits per heavy atom. The van der Waals surface area contributed by atoms with Crippen molar-refractivity contribution in [2.45, 2.75) is 32.1 Å². The minimum absolute atomic E-state index is 0.180. The average molecular weight is 242 g/mol. The summed E-state index contributed by atoms with van der Waals surface area (Å²) in [6.07, 6.45) is 5.61. The van der Waals surface area contributed by atoms with Gasteiger partial charge in [-0.1, -0.05) is 19.3 Å². The first-order valence-electron chi connectivity index (χ1n) is 6.50. The molecule has 1 aromatic rings. The van der Waals surface area contributed by atoms with Gasteiger partial charge in [0.15, 0.2) is 0 Å². The van der Waals surface area contributed by atoms with Crippen LogP contribution < -0.4 is 4.90 Å². The van der Waals surface area contributed by atoms with Crippen molar-refractivity contribution in [1.82, 2.24) is 0 Å². The largest absolute Gasteiger partial charge is 0.315 e. The van der Waals surface area contributed by atoms with Gasteiger partial charge in [-0.15, -0.1) is 0 Å². The van der Waals surface area contributed by atoms with Gasteiger partial charge >= 0.3 is 0 Å². The molecule has 0 atom stereocenters. The summed E-state index contributed by atoms with van der Waals surface area (Å²) in [4.78, 5) is 14.0. The molecule has 0 aliphatic heterocycles. The molecule has 18 heavy (non-hydrogen) atoms. The summed E-state index contributed by atoms with van der Waals surface area (Å²) in [7, 11) is 1.82. The highest BCUT2D eigenvalue weighted by molar-refractivity contribution is 5.94. The number of anilines is 1. The van der Waals surface area contributed by atoms with Crippen LogP contribution in [0.4, 0.5) is 5.69 Å². The topological polar surface area (TPSA) is 44.1 Å². The predicted octanol–water partition coefficient (Wildman–Crippen LogP) is 3.10. The van der Waals surface area contributed by atoms with Gasteiger partial charge in [-0.25, -0.2) is 0 Å². The molecule has 0 heterocycles. The van der Waals surface area contributed by atoms with Crippen molar-refractivity contribution in [2.24, 2.45) is 5.92 Å². The molecule has 0 bridgehead atoms. The van der Waals surface area contributed by atoms with Crippen LogP contribution in [-0.4, -0.2) is 13.0 Å². The number of amides is 1. The molecule has 1 aliphatic carbocycles. The number of hydrogen-bond donors (Lipinski definition) is 0. The molecule has 1 fully saturated rings. The number of rotatable bonds is 2. The minimum Gasteiger partial charge on any atom is -0.315 e. The summed E-state index contributed by atoms with van der Waals surface area (Å²) in [6, 6.07) is 9.25. The zero-order chi connectivity index (χ0) is 13.0. The lowest BCUT2D eigenvalue weighted by Crippen LogP contribution is -2.33. The van der Waals surface area contributed by atoms with Crippen molar-refractivity contribution < 1.29 is 4.79 Å². The van der Waals surface area contributed by atoms with Crippen molar-refractivity contribution in [3.63, 3.8) is 0 Å². The Morgan fingerprint density at radius 3 is 2.39 bits per heavy atom. The number of carbonyl (C=O) groups is 1. The van der Waals surface area contributed by atoms with E-state index in [-0.39, 0.29) is 11.8 Å². The van der Waals surface area contributed by atoms with E-state index < -0.39 is 0 Å². The molecule has 2 rings (SSSR count). The van der Waals surface area contributed by atoms with E-state index >= 15 is 0 Å². The fourth-order valence-electron chi connectivity index (χ4n) is 2.51. The summed E-state index contributed by atoms with van der Waals surface area (Å²) in [6.45, 7) is 0. The number of carbonyl (C=O) groups excluding carboxylic acids is 1. The fraction of sp³-hybridized carbons (Fsp3) is 0.467. The molecule has 1 aliphatic rings. The lowest BCUT2D eigenvalue weighted by Gasteiger charge is -2.26. The predicted molar refractivity (Wildman–Crippen MR) is 71.1 cm³/mol. The fourth-order valence-corrected chi connectivity index (χ4v) is 2.51. The molecular formula is C15H18N2O. The van der Waals surface area contributed by atoms with Gasteiger partial charge < -0.3 is 4.90 Å². The van der Waals surface area contributed by atoms with E-state index in [1.807, 2.05) is 19.2 Å². The van der Waals surface area contributed by atoms with E-state index in [0.717, 1.165) is 31.4 Å². The third-order valence-electron chi connectivity index (χ3n) is 3.67. The normalized spacial score (nSPS) is 16.0. The number of hydrogen-bond acceptors (Lipinski definition) is 2. The second-order valence-corrected chi connectivity index (χ2v) is 4.89. The van der Waals surface area contributed by atoms with Gasteiger partial charge in [-0.2, -0.15) is 5.26 Å². The summed E-state index contributed by atoms with van der Waals surface area (Å²) in [5.41, 5.74) is 1.49. The van der Waals surface area contributed by atoms with Crippen molar-refractivity contribution in [1.29, 1.82) is 5.26 Å². The van der Waals surface area contributed by atoms with Gasteiger partial charge in [-0.3, -0.25) is 4.79 Å². The number of nitrogens with zero attached hydrogens (tertiary/aromatic N) is 2. The third-order valence-corrected chi connectivity index (χ3v) is 3.67. The van der Waals surface area contributed by atoms with E-state index in [1.54, 1.807) is 17.0 Å². The van der Waals surface area contributed by atoms with E-state index in [9.17, 15) is 4.79 Å². The van der Waals surface area contributed by atoms with E-state index in [1.165, 1.54) is 6.42 Å². The third kappa shape index (κ3) is 2.70. The van der Waals surface area contributed by atoms with Crippen molar-refractivity contribution in [2.75, 3.05) is 11.9 Å². The monoisotopic (exact) mass is 242 g/mol. The first-order valence-corrected chi connectivity index (χ1v) is 6.50. The molecule has 0 aromatic heterocycles. The molecular weight excluding hydrogens is 224 g/mol. The molecule has 0 spiro atoms. The second kappa shape index (κ2) is 5.68. The lowest BCUT2D eigenvalue weighted by atomic mass is 9.88. The van der Waals surface area contributed by atoms with Crippen molar-refractivity contribution >= 4 is 11.6 Å². The second-order valence-electron chi connectivity index (χ2n) is 4.89. The van der Waals surface area contributed by atoms with Gasteiger partial charge in [0.05, 0.1) is 11.6 Å². The SMILES string of the molecule is CN(C(=O)C1CCCCC1)c1ccc(C#N)cc1. The summed E-state index contributed by atoms with van der Waals surface area (Å²) in [5, 5.41) is 8.75. The summed E-state index contributed by atoms with van der Waals surface area (Å²) in [5.74, 6) is 0.388. The van der Waals surface area contributed by atoms with Crippen LogP contribution in [0.2, 0.25) is 0 Å². The van der Waals surface area contributed by atoms with Gasteiger partial charge in [0.2, 0.25) is 5.91 Å². The molecule has 0 unspecified atom stereocenters. The van der Waals surface area contributed by atoms with Crippen molar-refractivity contribution in [3.8, 4) is 6.07 Å². The van der Waals surface area contributed by atoms with E-state index in [0.29, 0.717) is 5.56 Å². The van der Waals surface area contributed by atoms with Gasteiger partial charge in [0, 0.05) is 18.7 Å². The van der Waals surface area contributed by atoms with Crippen LogP contribution in [0.5, 0.6) is 0 Å². The Bertz CT molecular complexity index is 452. The molecule has 3 nitrogen and oxygen atoms in total. The quantitative estimate of drug-likeness (QED) is 0.799. The Balaban J connectivity index is 2.07. The van der Waals surface area contributed by atoms with Crippen LogP contribution in [0.1, 0.15) is 37.7 Å². The highest BCUT2D eigenvalue weighted by Crippen LogP contribution is 2.27. The molecule has 1 amide bonds. The van der Waals surface area contributed by atoms with Crippen LogP contribution in [0.15, 0.2) is 24.3 Å². The van der Waals surface area contributed by atoms with Gasteiger partial charge in [0.25, 0.3) is 0 Å². The average Bonchev–Trinajstić information content (AvgIpc) is 2.47. The number of benzene rings is 1. The molecule has 0 radical (unpaired) electrons. The zero-order valence-electron chi connectivity index (χ0n) is 10.7. The Morgan fingerprint density at radius 1 is 1.22 bits per heavy atom. The molecule has 1 saturated carbocycles. The Labute approximate surface area is 108 Å². The van der Waals surface area contributed by atoms with Crippen LogP contribution >= 0.6 is 0 Å². The maximum atomic E-state index is 12.3. The highest BCUT2D eigenvalue weighted by atomic mass is 16.2. The number of nitriles is 1. The zero-order valence-corrected chi connectivity index (χ0v) is 10.7. The van der Waals surface area contributed by atoms with Crippen molar-refractivity contribution in [3.05, 3.63) is 29.8 Å². The summed E-state index contributed by atoms with van der Waals surface area (Å²) >= 11 is 0. The maximum Gasteiger partial charge on any atom is 0.229 e. The van der Waals surface area contributed by atoms with Gasteiger partial charge in [-0.05, 0) is 37.1 Å². The highest BCUT2D eigenvalue weighted by Gasteiger charge is 2.24. The molecule has 1 aromatic carbocycles. The van der Waals surface area contributed by atoms with E-state index in [4.69, 9.17) is 5.26 Å². The Kier molecular flexibility index (Phi) is 3.99. The lowest BCUT2D eigenvalue weighted by molar-refractivity contribution is -0.123. The molecule has 0 saturated heterocycles. The van der Waals surface area contributed by atoms with Gasteiger partial charge in [0.1, 0.15) is 0 Å². The van der Waals surface area contributed by atoms with Crippen LogP contribution in [-0.2, 0) is 4.79 Å². The first-order chi connectivity index (χ1) is 8.72. The molecule has 3 heteroatoms. The minimum atomic E-state index is 0.180. The van der Waals surface area contributed by atoms with Crippen LogP contribution in [0.3, 0.4) is 0 Å². The smallest absolute Gasteiger partial charge is 0.229 e. The Hall–Kier alpha value is -1.82.